The number of nitrogens with zero attached hydrogens (tertiary/aromatic N) is 2. The van der Waals surface area contributed by atoms with Gasteiger partial charge in [-0.05, 0) is 36.6 Å². The number of nitrogens with two attached hydrogens (primary N) is 1. The molecule has 0 radical (unpaired) electrons. The molecule has 1 aromatic heterocycles. The normalized spacial score (nSPS) is 10.3. The van der Waals surface area contributed by atoms with Crippen LogP contribution in [-0.4, -0.2) is 9.91 Å². The molecular weight excluding hydrogens is 258 g/mol. The third-order valence-electron chi connectivity index (χ3n) is 3.01. The van der Waals surface area contributed by atoms with Gasteiger partial charge in [0.2, 0.25) is 11.6 Å². The number of nitro groups is 1. The topological polar surface area (TPSA) is 91.3 Å². The van der Waals surface area contributed by atoms with E-state index in [0.717, 1.165) is 11.1 Å². The maximum Gasteiger partial charge on any atom is 0.311 e. The van der Waals surface area contributed by atoms with Gasteiger partial charge in [-0.15, -0.1) is 0 Å². The number of nitro benzene ring substituents is 1. The molecule has 104 valence electrons. The zero-order chi connectivity index (χ0) is 14.7. The van der Waals surface area contributed by atoms with Gasteiger partial charge in [-0.3, -0.25) is 10.1 Å². The molecule has 6 nitrogen and oxygen atoms in total. The van der Waals surface area contributed by atoms with E-state index in [1.54, 1.807) is 24.4 Å². The molecule has 1 aromatic carbocycles. The van der Waals surface area contributed by atoms with E-state index in [0.29, 0.717) is 12.1 Å². The number of aromatic nitrogens is 1. The van der Waals surface area contributed by atoms with Crippen molar-refractivity contribution in [3.8, 4) is 11.6 Å². The van der Waals surface area contributed by atoms with E-state index < -0.39 is 4.92 Å². The first-order valence-corrected chi connectivity index (χ1v) is 6.19. The lowest BCUT2D eigenvalue weighted by molar-refractivity contribution is -0.385. The van der Waals surface area contributed by atoms with Crippen molar-refractivity contribution in [2.75, 3.05) is 5.73 Å². The lowest BCUT2D eigenvalue weighted by atomic mass is 10.1. The number of hydrogen-bond donors (Lipinski definition) is 1. The average Bonchev–Trinajstić information content (AvgIpc) is 2.44. The Hall–Kier alpha value is -2.63. The molecule has 0 bridgehead atoms. The lowest BCUT2D eigenvalue weighted by Gasteiger charge is -2.09. The fourth-order valence-electron chi connectivity index (χ4n) is 1.74. The van der Waals surface area contributed by atoms with Crippen LogP contribution in [0, 0.1) is 17.0 Å². The van der Waals surface area contributed by atoms with E-state index >= 15 is 0 Å². The van der Waals surface area contributed by atoms with Crippen LogP contribution in [0.15, 0.2) is 30.5 Å². The minimum Gasteiger partial charge on any atom is -0.430 e. The zero-order valence-electron chi connectivity index (χ0n) is 11.3. The van der Waals surface area contributed by atoms with E-state index in [9.17, 15) is 10.1 Å². The van der Waals surface area contributed by atoms with Gasteiger partial charge < -0.3 is 10.5 Å². The smallest absolute Gasteiger partial charge is 0.311 e. The van der Waals surface area contributed by atoms with E-state index in [1.165, 1.54) is 6.07 Å². The second kappa shape index (κ2) is 5.56. The Kier molecular flexibility index (Phi) is 3.84. The Morgan fingerprint density at radius 2 is 2.15 bits per heavy atom. The summed E-state index contributed by atoms with van der Waals surface area (Å²) in [5.74, 6) is 0.314. The molecule has 2 aromatic rings. The minimum atomic E-state index is -0.472. The van der Waals surface area contributed by atoms with Gasteiger partial charge in [0.15, 0.2) is 0 Å². The third kappa shape index (κ3) is 2.69. The molecule has 0 saturated heterocycles. The van der Waals surface area contributed by atoms with E-state index in [1.807, 2.05) is 13.8 Å². The SMILES string of the molecule is CCc1ccc(Oc2nccc(C)c2N)c([N+](=O)[O-])c1. The van der Waals surface area contributed by atoms with Crippen molar-refractivity contribution in [1.82, 2.24) is 4.98 Å². The first-order chi connectivity index (χ1) is 9.52. The van der Waals surface area contributed by atoms with Gasteiger partial charge >= 0.3 is 5.69 Å². The highest BCUT2D eigenvalue weighted by Gasteiger charge is 2.18. The molecule has 0 fully saturated rings. The molecule has 0 aliphatic carbocycles. The summed E-state index contributed by atoms with van der Waals surface area (Å²) in [6, 6.07) is 6.60. The van der Waals surface area contributed by atoms with Crippen molar-refractivity contribution in [3.63, 3.8) is 0 Å². The quantitative estimate of drug-likeness (QED) is 0.682. The average molecular weight is 273 g/mol. The van der Waals surface area contributed by atoms with Crippen LogP contribution in [0.25, 0.3) is 0 Å². The Morgan fingerprint density at radius 1 is 1.40 bits per heavy atom. The zero-order valence-corrected chi connectivity index (χ0v) is 11.3. The van der Waals surface area contributed by atoms with Gasteiger partial charge in [0.1, 0.15) is 0 Å². The molecule has 2 rings (SSSR count). The van der Waals surface area contributed by atoms with Crippen LogP contribution in [-0.2, 0) is 6.42 Å². The number of anilines is 1. The highest BCUT2D eigenvalue weighted by atomic mass is 16.6. The summed E-state index contributed by atoms with van der Waals surface area (Å²) >= 11 is 0. The highest BCUT2D eigenvalue weighted by Crippen LogP contribution is 2.34. The summed E-state index contributed by atoms with van der Waals surface area (Å²) in [5, 5.41) is 11.1. The molecule has 0 spiro atoms. The first kappa shape index (κ1) is 13.8. The van der Waals surface area contributed by atoms with Crippen LogP contribution >= 0.6 is 0 Å². The maximum absolute atomic E-state index is 11.1. The van der Waals surface area contributed by atoms with Crippen molar-refractivity contribution in [3.05, 3.63) is 51.7 Å². The molecule has 0 atom stereocenters. The van der Waals surface area contributed by atoms with Crippen LogP contribution in [0.1, 0.15) is 18.1 Å². The summed E-state index contributed by atoms with van der Waals surface area (Å²) in [6.07, 6.45) is 2.26. The standard InChI is InChI=1S/C14H15N3O3/c1-3-10-4-5-12(11(8-10)17(18)19)20-14-13(15)9(2)6-7-16-14/h4-8H,3,15H2,1-2H3. The second-order valence-electron chi connectivity index (χ2n) is 4.36. The third-order valence-corrected chi connectivity index (χ3v) is 3.01. The molecule has 0 amide bonds. The Morgan fingerprint density at radius 3 is 2.80 bits per heavy atom. The largest absolute Gasteiger partial charge is 0.430 e. The number of hydrogen-bond acceptors (Lipinski definition) is 5. The van der Waals surface area contributed by atoms with Gasteiger partial charge in [0.25, 0.3) is 0 Å². The van der Waals surface area contributed by atoms with E-state index in [2.05, 4.69) is 4.98 Å². The van der Waals surface area contributed by atoms with Crippen LogP contribution in [0.5, 0.6) is 11.6 Å². The van der Waals surface area contributed by atoms with Gasteiger partial charge in [-0.25, -0.2) is 4.98 Å². The number of aryl methyl sites for hydroxylation is 2. The number of rotatable bonds is 4. The second-order valence-corrected chi connectivity index (χ2v) is 4.36. The van der Waals surface area contributed by atoms with Gasteiger partial charge in [0, 0.05) is 12.3 Å². The number of pyridine rings is 1. The molecule has 2 N–H and O–H groups in total. The van der Waals surface area contributed by atoms with Crippen molar-refractivity contribution >= 4 is 11.4 Å². The highest BCUT2D eigenvalue weighted by molar-refractivity contribution is 5.57. The minimum absolute atomic E-state index is 0.0907. The molecule has 20 heavy (non-hydrogen) atoms. The van der Waals surface area contributed by atoms with Crippen LogP contribution in [0.4, 0.5) is 11.4 Å². The molecule has 6 heteroatoms. The van der Waals surface area contributed by atoms with Gasteiger partial charge in [-0.1, -0.05) is 13.0 Å². The van der Waals surface area contributed by atoms with Crippen LogP contribution in [0.2, 0.25) is 0 Å². The molecule has 1 heterocycles. The predicted octanol–water partition coefficient (Wildman–Crippen LogP) is 3.24. The summed E-state index contributed by atoms with van der Waals surface area (Å²) in [7, 11) is 0. The summed E-state index contributed by atoms with van der Waals surface area (Å²) in [6.45, 7) is 3.75. The fourth-order valence-corrected chi connectivity index (χ4v) is 1.74. The lowest BCUT2D eigenvalue weighted by Crippen LogP contribution is -2.00. The number of nitrogen functional groups attached to an aromatic ring is 1. The summed E-state index contributed by atoms with van der Waals surface area (Å²) in [5.41, 5.74) is 7.82. The van der Waals surface area contributed by atoms with Crippen molar-refractivity contribution < 1.29 is 9.66 Å². The number of benzene rings is 1. The molecule has 0 unspecified atom stereocenters. The van der Waals surface area contributed by atoms with Crippen molar-refractivity contribution in [2.24, 2.45) is 0 Å². The summed E-state index contributed by atoms with van der Waals surface area (Å²) in [4.78, 5) is 14.6. The fraction of sp³-hybridized carbons (Fsp3) is 0.214. The van der Waals surface area contributed by atoms with Crippen molar-refractivity contribution in [2.45, 2.75) is 20.3 Å². The van der Waals surface area contributed by atoms with Crippen molar-refractivity contribution in [1.29, 1.82) is 0 Å². The molecule has 0 aliphatic rings. The van der Waals surface area contributed by atoms with Gasteiger partial charge in [-0.2, -0.15) is 0 Å². The molecule has 0 saturated carbocycles. The van der Waals surface area contributed by atoms with E-state index in [-0.39, 0.29) is 17.3 Å². The molecule has 0 aliphatic heterocycles. The molecular formula is C14H15N3O3. The van der Waals surface area contributed by atoms with Crippen LogP contribution in [0.3, 0.4) is 0 Å². The first-order valence-electron chi connectivity index (χ1n) is 6.19. The Bertz CT molecular complexity index is 656. The van der Waals surface area contributed by atoms with E-state index in [4.69, 9.17) is 10.5 Å². The van der Waals surface area contributed by atoms with Crippen LogP contribution < -0.4 is 10.5 Å². The monoisotopic (exact) mass is 273 g/mol. The number of ether oxygens (including phenoxy) is 1. The summed E-state index contributed by atoms with van der Waals surface area (Å²) < 4.78 is 5.50. The Balaban J connectivity index is 2.43. The Labute approximate surface area is 116 Å². The van der Waals surface area contributed by atoms with Gasteiger partial charge in [0.05, 0.1) is 10.6 Å². The maximum atomic E-state index is 11.1. The predicted molar refractivity (Wildman–Crippen MR) is 75.9 cm³/mol.